The van der Waals surface area contributed by atoms with Gasteiger partial charge in [0.25, 0.3) is 8.53 Å². The van der Waals surface area contributed by atoms with Crippen LogP contribution in [0.2, 0.25) is 0 Å². The Morgan fingerprint density at radius 1 is 1.03 bits per heavy atom. The summed E-state index contributed by atoms with van der Waals surface area (Å²) in [5.41, 5.74) is 0. The summed E-state index contributed by atoms with van der Waals surface area (Å²) in [6.45, 7) is 14.8. The number of amides is 1. The van der Waals surface area contributed by atoms with Gasteiger partial charge in [-0.2, -0.15) is 5.26 Å². The number of nitrogens with one attached hydrogen (secondary N) is 1. The van der Waals surface area contributed by atoms with E-state index >= 15 is 0 Å². The maximum atomic E-state index is 12.0. The van der Waals surface area contributed by atoms with Gasteiger partial charge >= 0.3 is 6.09 Å². The zero-order chi connectivity index (χ0) is 23.2. The molecule has 8 heteroatoms. The first-order valence-corrected chi connectivity index (χ1v) is 13.1. The molecule has 3 unspecified atom stereocenters. The van der Waals surface area contributed by atoms with Crippen molar-refractivity contribution < 1.29 is 18.6 Å². The lowest BCUT2D eigenvalue weighted by atomic mass is 10.1. The van der Waals surface area contributed by atoms with Crippen molar-refractivity contribution in [3.8, 4) is 6.07 Å². The third-order valence-corrected chi connectivity index (χ3v) is 7.72. The van der Waals surface area contributed by atoms with E-state index in [0.29, 0.717) is 45.1 Å². The van der Waals surface area contributed by atoms with Crippen LogP contribution < -0.4 is 5.32 Å². The number of carbonyl (C=O) groups excluding carboxylic acids is 1. The predicted octanol–water partition coefficient (Wildman–Crippen LogP) is 5.86. The molecule has 180 valence electrons. The summed E-state index contributed by atoms with van der Waals surface area (Å²) in [7, 11) is -1.23. The van der Waals surface area contributed by atoms with Crippen molar-refractivity contribution in [2.45, 2.75) is 92.2 Å². The molecule has 0 radical (unpaired) electrons. The van der Waals surface area contributed by atoms with Crippen LogP contribution in [-0.4, -0.2) is 49.2 Å². The highest BCUT2D eigenvalue weighted by Gasteiger charge is 2.48. The zero-order valence-electron chi connectivity index (χ0n) is 20.4. The van der Waals surface area contributed by atoms with Gasteiger partial charge in [-0.15, -0.1) is 0 Å². The largest absolute Gasteiger partial charge is 0.449 e. The molecule has 1 aliphatic rings. The first-order chi connectivity index (χ1) is 14.9. The van der Waals surface area contributed by atoms with Gasteiger partial charge in [0.2, 0.25) is 0 Å². The summed E-state index contributed by atoms with van der Waals surface area (Å²) in [6, 6.07) is 2.65. The van der Waals surface area contributed by atoms with E-state index in [1.54, 1.807) is 0 Å². The summed E-state index contributed by atoms with van der Waals surface area (Å²) in [5.74, 6) is 2.01. The van der Waals surface area contributed by atoms with E-state index in [2.05, 4.69) is 57.6 Å². The van der Waals surface area contributed by atoms with Gasteiger partial charge < -0.3 is 19.1 Å². The lowest BCUT2D eigenvalue weighted by Crippen LogP contribution is -2.34. The fourth-order valence-electron chi connectivity index (χ4n) is 4.24. The first kappa shape index (κ1) is 28.1. The molecule has 7 nitrogen and oxygen atoms in total. The minimum absolute atomic E-state index is 0.275. The fourth-order valence-corrected chi connectivity index (χ4v) is 5.86. The maximum Gasteiger partial charge on any atom is 0.407 e. The topological polar surface area (TPSA) is 83.8 Å². The van der Waals surface area contributed by atoms with Crippen molar-refractivity contribution in [2.24, 2.45) is 17.8 Å². The van der Waals surface area contributed by atoms with Crippen LogP contribution in [0.15, 0.2) is 0 Å². The Morgan fingerprint density at radius 3 is 2.13 bits per heavy atom. The second-order valence-corrected chi connectivity index (χ2v) is 10.3. The Kier molecular flexibility index (Phi) is 14.3. The molecule has 1 rings (SSSR count). The molecule has 0 spiro atoms. The van der Waals surface area contributed by atoms with Gasteiger partial charge in [-0.25, -0.2) is 9.46 Å². The van der Waals surface area contributed by atoms with Crippen molar-refractivity contribution in [1.29, 1.82) is 5.26 Å². The van der Waals surface area contributed by atoms with E-state index in [1.807, 2.05) is 0 Å². The average Bonchev–Trinajstić information content (AvgIpc) is 3.36. The van der Waals surface area contributed by atoms with E-state index in [4.69, 9.17) is 19.0 Å². The lowest BCUT2D eigenvalue weighted by molar-refractivity contribution is 0.136. The van der Waals surface area contributed by atoms with Crippen molar-refractivity contribution in [2.75, 3.05) is 26.4 Å². The van der Waals surface area contributed by atoms with Crippen LogP contribution >= 0.6 is 8.53 Å². The van der Waals surface area contributed by atoms with Crippen LogP contribution in [0.3, 0.4) is 0 Å². The number of hydrogen-bond acceptors (Lipinski definition) is 6. The van der Waals surface area contributed by atoms with Crippen molar-refractivity contribution in [3.63, 3.8) is 0 Å². The molecule has 0 aliphatic heterocycles. The van der Waals surface area contributed by atoms with Gasteiger partial charge in [0.1, 0.15) is 0 Å². The highest BCUT2D eigenvalue weighted by Crippen LogP contribution is 2.52. The fraction of sp³-hybridized carbons (Fsp3) is 0.913. The SMILES string of the molecule is CCCC1C(CCC)C1COC(=O)NCCCOP(OCCC#N)N(C(C)C)C(C)C. The summed E-state index contributed by atoms with van der Waals surface area (Å²) in [4.78, 5) is 12.0. The van der Waals surface area contributed by atoms with Gasteiger partial charge in [-0.3, -0.25) is 0 Å². The highest BCUT2D eigenvalue weighted by molar-refractivity contribution is 7.44. The molecule has 1 amide bonds. The van der Waals surface area contributed by atoms with Gasteiger partial charge in [0.15, 0.2) is 0 Å². The van der Waals surface area contributed by atoms with Crippen LogP contribution in [0.25, 0.3) is 0 Å². The minimum atomic E-state index is -1.23. The zero-order valence-corrected chi connectivity index (χ0v) is 21.3. The van der Waals surface area contributed by atoms with E-state index in [9.17, 15) is 4.79 Å². The highest BCUT2D eigenvalue weighted by atomic mass is 31.2. The number of rotatable bonds is 17. The Morgan fingerprint density at radius 2 is 1.61 bits per heavy atom. The van der Waals surface area contributed by atoms with Crippen LogP contribution in [-0.2, 0) is 13.8 Å². The first-order valence-electron chi connectivity index (χ1n) is 12.0. The minimum Gasteiger partial charge on any atom is -0.449 e. The van der Waals surface area contributed by atoms with Gasteiger partial charge in [0, 0.05) is 18.6 Å². The van der Waals surface area contributed by atoms with E-state index in [1.165, 1.54) is 25.7 Å². The van der Waals surface area contributed by atoms with Crippen molar-refractivity contribution in [1.82, 2.24) is 9.99 Å². The molecular formula is C23H44N3O4P. The summed E-state index contributed by atoms with van der Waals surface area (Å²) in [5, 5.41) is 11.6. The van der Waals surface area contributed by atoms with Crippen LogP contribution in [0, 0.1) is 29.1 Å². The standard InChI is InChI=1S/C23H44N3O4P/c1-7-11-20-21(12-8-2)22(20)17-28-23(27)25-14-10-16-30-31(29-15-9-13-24)26(18(3)4)19(5)6/h18-22H,7-12,14-17H2,1-6H3,(H,25,27). The molecular weight excluding hydrogens is 413 g/mol. The van der Waals surface area contributed by atoms with E-state index in [0.717, 1.165) is 11.8 Å². The third-order valence-electron chi connectivity index (χ3n) is 5.61. The normalized spacial score (nSPS) is 21.4. The number of nitrogens with zero attached hydrogens (tertiary/aromatic N) is 2. The maximum absolute atomic E-state index is 12.0. The second kappa shape index (κ2) is 15.8. The number of carbonyl (C=O) groups is 1. The van der Waals surface area contributed by atoms with Crippen molar-refractivity contribution >= 4 is 14.6 Å². The number of hydrogen-bond donors (Lipinski definition) is 1. The second-order valence-electron chi connectivity index (χ2n) is 8.83. The number of alkyl carbamates (subject to hydrolysis) is 1. The predicted molar refractivity (Wildman–Crippen MR) is 125 cm³/mol. The van der Waals surface area contributed by atoms with E-state index in [-0.39, 0.29) is 18.2 Å². The Labute approximate surface area is 191 Å². The number of nitriles is 1. The molecule has 0 bridgehead atoms. The molecule has 0 heterocycles. The smallest absolute Gasteiger partial charge is 0.407 e. The molecule has 0 aromatic rings. The Balaban J connectivity index is 2.29. The molecule has 31 heavy (non-hydrogen) atoms. The van der Waals surface area contributed by atoms with Crippen molar-refractivity contribution in [3.05, 3.63) is 0 Å². The molecule has 1 N–H and O–H groups in total. The molecule has 1 saturated carbocycles. The van der Waals surface area contributed by atoms with Crippen LogP contribution in [0.5, 0.6) is 0 Å². The Bertz CT molecular complexity index is 521. The lowest BCUT2D eigenvalue weighted by Gasteiger charge is -2.35. The molecule has 3 atom stereocenters. The quantitative estimate of drug-likeness (QED) is 0.218. The summed E-state index contributed by atoms with van der Waals surface area (Å²) < 4.78 is 19.5. The van der Waals surface area contributed by atoms with Gasteiger partial charge in [0.05, 0.1) is 32.3 Å². The van der Waals surface area contributed by atoms with Gasteiger partial charge in [-0.1, -0.05) is 39.5 Å². The molecule has 1 fully saturated rings. The van der Waals surface area contributed by atoms with Gasteiger partial charge in [-0.05, 0) is 51.9 Å². The number of ether oxygens (including phenoxy) is 1. The summed E-state index contributed by atoms with van der Waals surface area (Å²) >= 11 is 0. The molecule has 1 aliphatic carbocycles. The molecule has 0 aromatic carbocycles. The molecule has 0 aromatic heterocycles. The molecule has 0 saturated heterocycles. The third kappa shape index (κ3) is 10.5. The monoisotopic (exact) mass is 457 g/mol. The Hall–Kier alpha value is -0.930. The summed E-state index contributed by atoms with van der Waals surface area (Å²) in [6.07, 6.45) is 5.55. The average molecular weight is 458 g/mol. The van der Waals surface area contributed by atoms with E-state index < -0.39 is 8.53 Å². The van der Waals surface area contributed by atoms with Crippen LogP contribution in [0.4, 0.5) is 4.79 Å². The van der Waals surface area contributed by atoms with Crippen LogP contribution in [0.1, 0.15) is 80.1 Å².